The normalized spacial score (nSPS) is 13.3. The third-order valence-electron chi connectivity index (χ3n) is 5.23. The van der Waals surface area contributed by atoms with Crippen LogP contribution in [0.2, 0.25) is 5.02 Å². The van der Waals surface area contributed by atoms with Crippen molar-refractivity contribution in [1.82, 2.24) is 9.97 Å². The summed E-state index contributed by atoms with van der Waals surface area (Å²) in [4.78, 5) is 23.6. The molecule has 0 radical (unpaired) electrons. The Hall–Kier alpha value is -3.12. The molecule has 1 saturated heterocycles. The van der Waals surface area contributed by atoms with Gasteiger partial charge in [-0.3, -0.25) is 4.79 Å². The average Bonchev–Trinajstić information content (AvgIpc) is 3.28. The number of nitrogens with zero attached hydrogens (tertiary/aromatic N) is 3. The summed E-state index contributed by atoms with van der Waals surface area (Å²) in [7, 11) is 0. The maximum atomic E-state index is 12.3. The Morgan fingerprint density at radius 1 is 1.03 bits per heavy atom. The summed E-state index contributed by atoms with van der Waals surface area (Å²) < 4.78 is 0. The van der Waals surface area contributed by atoms with Gasteiger partial charge in [-0.2, -0.15) is 0 Å². The van der Waals surface area contributed by atoms with Gasteiger partial charge in [0.15, 0.2) is 0 Å². The van der Waals surface area contributed by atoms with Crippen molar-refractivity contribution in [3.8, 4) is 0 Å². The lowest BCUT2D eigenvalue weighted by Gasteiger charge is -2.18. The molecule has 0 bridgehead atoms. The molecule has 1 aliphatic rings. The van der Waals surface area contributed by atoms with E-state index in [1.165, 1.54) is 12.8 Å². The number of anilines is 4. The van der Waals surface area contributed by atoms with E-state index in [2.05, 4.69) is 25.5 Å². The van der Waals surface area contributed by atoms with E-state index in [0.29, 0.717) is 17.9 Å². The van der Waals surface area contributed by atoms with E-state index in [-0.39, 0.29) is 5.91 Å². The van der Waals surface area contributed by atoms with Gasteiger partial charge in [0, 0.05) is 42.0 Å². The predicted molar refractivity (Wildman–Crippen MR) is 126 cm³/mol. The van der Waals surface area contributed by atoms with Crippen LogP contribution in [0.5, 0.6) is 0 Å². The zero-order valence-corrected chi connectivity index (χ0v) is 18.3. The summed E-state index contributed by atoms with van der Waals surface area (Å²) in [6.07, 6.45) is 3.47. The van der Waals surface area contributed by atoms with Gasteiger partial charge in [0.05, 0.1) is 0 Å². The smallest absolute Gasteiger partial charge is 0.224 e. The van der Waals surface area contributed by atoms with Gasteiger partial charge in [-0.1, -0.05) is 23.7 Å². The Labute approximate surface area is 187 Å². The number of hydrogen-bond acceptors (Lipinski definition) is 5. The molecule has 0 unspecified atom stereocenters. The number of amides is 1. The fourth-order valence-electron chi connectivity index (χ4n) is 3.68. The quantitative estimate of drug-likeness (QED) is 0.523. The van der Waals surface area contributed by atoms with E-state index in [0.717, 1.165) is 47.5 Å². The molecular formula is C24H26ClN5O. The van der Waals surface area contributed by atoms with Crippen molar-refractivity contribution in [3.05, 3.63) is 71.0 Å². The van der Waals surface area contributed by atoms with Gasteiger partial charge in [0.25, 0.3) is 0 Å². The molecular weight excluding hydrogens is 410 g/mol. The first kappa shape index (κ1) is 21.1. The van der Waals surface area contributed by atoms with Gasteiger partial charge in [-0.05, 0) is 68.1 Å². The Bertz CT molecular complexity index is 1050. The molecule has 1 fully saturated rings. The molecule has 3 aromatic rings. The SMILES string of the molecule is Cc1nc(Nc2ccc(NC(=O)CCc3cccc(Cl)c3)cc2)cc(N2CCCC2)n1. The van der Waals surface area contributed by atoms with Crippen LogP contribution >= 0.6 is 11.6 Å². The molecule has 1 aromatic heterocycles. The fourth-order valence-corrected chi connectivity index (χ4v) is 3.90. The molecule has 2 aromatic carbocycles. The predicted octanol–water partition coefficient (Wildman–Crippen LogP) is 5.35. The lowest BCUT2D eigenvalue weighted by Crippen LogP contribution is -2.19. The lowest BCUT2D eigenvalue weighted by molar-refractivity contribution is -0.116. The van der Waals surface area contributed by atoms with Gasteiger partial charge in [-0.15, -0.1) is 0 Å². The standard InChI is InChI=1S/C24H26ClN5O/c1-17-26-22(16-23(27-17)30-13-2-3-14-30)28-20-8-10-21(11-9-20)29-24(31)12-7-18-5-4-6-19(25)15-18/h4-6,8-11,15-16H,2-3,7,12-14H2,1H3,(H,29,31)(H,26,27,28). The van der Waals surface area contributed by atoms with E-state index in [9.17, 15) is 4.79 Å². The zero-order valence-electron chi connectivity index (χ0n) is 17.6. The summed E-state index contributed by atoms with van der Waals surface area (Å²) in [5.41, 5.74) is 2.72. The second-order valence-corrected chi connectivity index (χ2v) is 8.17. The lowest BCUT2D eigenvalue weighted by atomic mass is 10.1. The summed E-state index contributed by atoms with van der Waals surface area (Å²) in [6.45, 7) is 4.00. The number of benzene rings is 2. The Kier molecular flexibility index (Phi) is 6.67. The summed E-state index contributed by atoms with van der Waals surface area (Å²) in [5.74, 6) is 2.46. The van der Waals surface area contributed by atoms with Crippen LogP contribution in [0.15, 0.2) is 54.6 Å². The van der Waals surface area contributed by atoms with Crippen LogP contribution in [0.1, 0.15) is 30.7 Å². The molecule has 1 amide bonds. The van der Waals surface area contributed by atoms with Crippen LogP contribution in [0.4, 0.5) is 23.0 Å². The number of carbonyl (C=O) groups is 1. The van der Waals surface area contributed by atoms with E-state index in [1.54, 1.807) is 0 Å². The highest BCUT2D eigenvalue weighted by Crippen LogP contribution is 2.23. The van der Waals surface area contributed by atoms with Gasteiger partial charge in [0.1, 0.15) is 17.5 Å². The van der Waals surface area contributed by atoms with E-state index >= 15 is 0 Å². The molecule has 2 N–H and O–H groups in total. The van der Waals surface area contributed by atoms with Gasteiger partial charge < -0.3 is 15.5 Å². The summed E-state index contributed by atoms with van der Waals surface area (Å²) in [6, 6.07) is 17.2. The first-order valence-corrected chi connectivity index (χ1v) is 10.9. The monoisotopic (exact) mass is 435 g/mol. The van der Waals surface area contributed by atoms with Crippen molar-refractivity contribution in [3.63, 3.8) is 0 Å². The van der Waals surface area contributed by atoms with Crippen LogP contribution in [-0.2, 0) is 11.2 Å². The van der Waals surface area contributed by atoms with Crippen LogP contribution in [0.25, 0.3) is 0 Å². The van der Waals surface area contributed by atoms with E-state index in [4.69, 9.17) is 11.6 Å². The molecule has 2 heterocycles. The van der Waals surface area contributed by atoms with Crippen molar-refractivity contribution in [2.24, 2.45) is 0 Å². The molecule has 31 heavy (non-hydrogen) atoms. The number of rotatable bonds is 7. The minimum atomic E-state index is -0.0256. The largest absolute Gasteiger partial charge is 0.356 e. The second-order valence-electron chi connectivity index (χ2n) is 7.73. The molecule has 0 spiro atoms. The van der Waals surface area contributed by atoms with Crippen molar-refractivity contribution >= 4 is 40.5 Å². The molecule has 0 aliphatic carbocycles. The molecule has 6 nitrogen and oxygen atoms in total. The minimum Gasteiger partial charge on any atom is -0.356 e. The van der Waals surface area contributed by atoms with Crippen molar-refractivity contribution in [2.75, 3.05) is 28.6 Å². The van der Waals surface area contributed by atoms with Crippen molar-refractivity contribution < 1.29 is 4.79 Å². The van der Waals surface area contributed by atoms with Crippen molar-refractivity contribution in [1.29, 1.82) is 0 Å². The topological polar surface area (TPSA) is 70.2 Å². The number of nitrogens with one attached hydrogen (secondary N) is 2. The maximum Gasteiger partial charge on any atom is 0.224 e. The molecule has 0 saturated carbocycles. The third-order valence-corrected chi connectivity index (χ3v) is 5.46. The number of aromatic nitrogens is 2. The molecule has 0 atom stereocenters. The highest BCUT2D eigenvalue weighted by atomic mass is 35.5. The number of hydrogen-bond donors (Lipinski definition) is 2. The number of carbonyl (C=O) groups excluding carboxylic acids is 1. The minimum absolute atomic E-state index is 0.0256. The molecule has 160 valence electrons. The van der Waals surface area contributed by atoms with E-state index in [1.807, 2.05) is 61.5 Å². The molecule has 1 aliphatic heterocycles. The third kappa shape index (κ3) is 5.95. The zero-order chi connectivity index (χ0) is 21.6. The van der Waals surface area contributed by atoms with Gasteiger partial charge in [-0.25, -0.2) is 9.97 Å². The second kappa shape index (κ2) is 9.79. The highest BCUT2D eigenvalue weighted by Gasteiger charge is 2.15. The van der Waals surface area contributed by atoms with Crippen LogP contribution in [-0.4, -0.2) is 29.0 Å². The Balaban J connectivity index is 1.33. The van der Waals surface area contributed by atoms with Gasteiger partial charge in [0.2, 0.25) is 5.91 Å². The maximum absolute atomic E-state index is 12.3. The van der Waals surface area contributed by atoms with Crippen molar-refractivity contribution in [2.45, 2.75) is 32.6 Å². The average molecular weight is 436 g/mol. The van der Waals surface area contributed by atoms with E-state index < -0.39 is 0 Å². The first-order valence-electron chi connectivity index (χ1n) is 10.6. The van der Waals surface area contributed by atoms with Crippen LogP contribution in [0.3, 0.4) is 0 Å². The highest BCUT2D eigenvalue weighted by molar-refractivity contribution is 6.30. The Morgan fingerprint density at radius 3 is 2.52 bits per heavy atom. The molecule has 4 rings (SSSR count). The van der Waals surface area contributed by atoms with Gasteiger partial charge >= 0.3 is 0 Å². The van der Waals surface area contributed by atoms with Crippen LogP contribution in [0, 0.1) is 6.92 Å². The summed E-state index contributed by atoms with van der Waals surface area (Å²) in [5, 5.41) is 6.97. The summed E-state index contributed by atoms with van der Waals surface area (Å²) >= 11 is 6.00. The number of aryl methyl sites for hydroxylation is 2. The van der Waals surface area contributed by atoms with Crippen LogP contribution < -0.4 is 15.5 Å². The Morgan fingerprint density at radius 2 is 1.77 bits per heavy atom. The fraction of sp³-hybridized carbons (Fsp3) is 0.292. The number of halogens is 1. The first-order chi connectivity index (χ1) is 15.0. The molecule has 7 heteroatoms.